The molecule has 0 bridgehead atoms. The quantitative estimate of drug-likeness (QED) is 0.670. The van der Waals surface area contributed by atoms with E-state index in [-0.39, 0.29) is 24.4 Å². The van der Waals surface area contributed by atoms with Gasteiger partial charge >= 0.3 is 0 Å². The van der Waals surface area contributed by atoms with Gasteiger partial charge in [-0.2, -0.15) is 4.57 Å². The van der Waals surface area contributed by atoms with Gasteiger partial charge in [0.15, 0.2) is 23.9 Å². The van der Waals surface area contributed by atoms with Gasteiger partial charge in [-0.3, -0.25) is 0 Å². The first kappa shape index (κ1) is 20.9. The number of ether oxygens (including phenoxy) is 5. The van der Waals surface area contributed by atoms with E-state index in [0.717, 1.165) is 10.6 Å². The van der Waals surface area contributed by atoms with Crippen LogP contribution in [0.1, 0.15) is 44.4 Å². The number of aromatic nitrogens is 1. The van der Waals surface area contributed by atoms with Crippen LogP contribution in [0, 0.1) is 0 Å². The van der Waals surface area contributed by atoms with Crippen molar-refractivity contribution < 1.29 is 28.3 Å². The Morgan fingerprint density at radius 3 is 2.48 bits per heavy atom. The van der Waals surface area contributed by atoms with Crippen LogP contribution in [0.4, 0.5) is 0 Å². The molecule has 2 aliphatic rings. The van der Waals surface area contributed by atoms with Crippen LogP contribution < -0.4 is 4.57 Å². The summed E-state index contributed by atoms with van der Waals surface area (Å²) in [6, 6.07) is 10.2. The molecule has 4 rings (SSSR count). The van der Waals surface area contributed by atoms with Crippen molar-refractivity contribution in [1.29, 1.82) is 0 Å². The van der Waals surface area contributed by atoms with Crippen molar-refractivity contribution in [3.63, 3.8) is 0 Å². The van der Waals surface area contributed by atoms with E-state index >= 15 is 0 Å². The van der Waals surface area contributed by atoms with Crippen LogP contribution in [0.2, 0.25) is 0 Å². The van der Waals surface area contributed by atoms with Crippen molar-refractivity contribution in [2.24, 2.45) is 7.05 Å². The lowest BCUT2D eigenvalue weighted by atomic mass is 10.0. The predicted octanol–water partition coefficient (Wildman–Crippen LogP) is 3.50. The highest BCUT2D eigenvalue weighted by molar-refractivity contribution is 7.09. The molecule has 4 atom stereocenters. The molecule has 6 nitrogen and oxygen atoms in total. The van der Waals surface area contributed by atoms with Crippen LogP contribution in [0.5, 0.6) is 0 Å². The molecule has 2 fully saturated rings. The maximum atomic E-state index is 6.46. The third kappa shape index (κ3) is 4.71. The first-order chi connectivity index (χ1) is 13.7. The van der Waals surface area contributed by atoms with Crippen LogP contribution >= 0.6 is 11.3 Å². The van der Waals surface area contributed by atoms with Crippen LogP contribution in [0.15, 0.2) is 41.9 Å². The summed E-state index contributed by atoms with van der Waals surface area (Å²) in [6.07, 6.45) is 0.910. The first-order valence-corrected chi connectivity index (χ1v) is 10.9. The van der Waals surface area contributed by atoms with E-state index in [1.54, 1.807) is 11.3 Å². The van der Waals surface area contributed by atoms with Crippen LogP contribution in [0.25, 0.3) is 0 Å². The van der Waals surface area contributed by atoms with Crippen molar-refractivity contribution in [2.45, 2.75) is 70.3 Å². The van der Waals surface area contributed by atoms with Gasteiger partial charge in [-0.05, 0) is 33.3 Å². The smallest absolute Gasteiger partial charge is 0.269 e. The van der Waals surface area contributed by atoms with Gasteiger partial charge in [0.05, 0.1) is 18.6 Å². The van der Waals surface area contributed by atoms with Gasteiger partial charge in [-0.25, -0.2) is 0 Å². The van der Waals surface area contributed by atoms with Gasteiger partial charge < -0.3 is 23.7 Å². The molecule has 0 spiro atoms. The molecule has 0 amide bonds. The van der Waals surface area contributed by atoms with Gasteiger partial charge in [-0.1, -0.05) is 41.7 Å². The maximum Gasteiger partial charge on any atom is 0.269 e. The third-order valence-corrected chi connectivity index (χ3v) is 6.22. The number of hydrogen-bond donors (Lipinski definition) is 0. The molecule has 7 heteroatoms. The lowest BCUT2D eigenvalue weighted by Crippen LogP contribution is -2.44. The Hall–Kier alpha value is -1.35. The van der Waals surface area contributed by atoms with Gasteiger partial charge in [0.1, 0.15) is 25.4 Å². The van der Waals surface area contributed by atoms with Crippen LogP contribution in [-0.4, -0.2) is 36.5 Å². The van der Waals surface area contributed by atoms with E-state index in [9.17, 15) is 0 Å². The Morgan fingerprint density at radius 2 is 1.86 bits per heavy atom. The van der Waals surface area contributed by atoms with Crippen molar-refractivity contribution in [3.8, 4) is 0 Å². The summed E-state index contributed by atoms with van der Waals surface area (Å²) in [5.41, 5.74) is 1.12. The molecule has 0 unspecified atom stereocenters. The van der Waals surface area contributed by atoms with Crippen molar-refractivity contribution >= 4 is 11.3 Å². The fraction of sp³-hybridized carbons (Fsp3) is 0.591. The molecule has 158 valence electrons. The molecule has 0 aliphatic carbocycles. The summed E-state index contributed by atoms with van der Waals surface area (Å²) in [5, 5.41) is 3.14. The summed E-state index contributed by atoms with van der Waals surface area (Å²) in [7, 11) is 2.03. The minimum absolute atomic E-state index is 0.218. The monoisotopic (exact) mass is 420 g/mol. The summed E-state index contributed by atoms with van der Waals surface area (Å²) < 4.78 is 33.2. The van der Waals surface area contributed by atoms with Gasteiger partial charge in [-0.15, -0.1) is 0 Å². The highest BCUT2D eigenvalue weighted by Gasteiger charge is 2.54. The Labute approximate surface area is 176 Å². The zero-order valence-corrected chi connectivity index (χ0v) is 18.5. The second kappa shape index (κ2) is 8.06. The molecule has 0 saturated carbocycles. The maximum absolute atomic E-state index is 6.46. The molecule has 2 saturated heterocycles. The number of benzene rings is 1. The molecule has 0 N–H and O–H groups in total. The summed E-state index contributed by atoms with van der Waals surface area (Å²) in [6.45, 7) is 8.67. The van der Waals surface area contributed by atoms with Crippen molar-refractivity contribution in [2.75, 3.05) is 6.61 Å². The largest absolute Gasteiger partial charge is 0.359 e. The lowest BCUT2D eigenvalue weighted by molar-refractivity contribution is -0.678. The predicted molar refractivity (Wildman–Crippen MR) is 108 cm³/mol. The molecular weight excluding hydrogens is 390 g/mol. The first-order valence-electron chi connectivity index (χ1n) is 10.00. The second-order valence-electron chi connectivity index (χ2n) is 8.50. The van der Waals surface area contributed by atoms with Crippen LogP contribution in [-0.2, 0) is 37.3 Å². The van der Waals surface area contributed by atoms with E-state index in [0.29, 0.717) is 13.2 Å². The summed E-state index contributed by atoms with van der Waals surface area (Å²) in [4.78, 5) is 0. The summed E-state index contributed by atoms with van der Waals surface area (Å²) in [5.74, 6) is -1.35. The number of rotatable bonds is 6. The zero-order chi connectivity index (χ0) is 20.6. The number of nitrogens with zero attached hydrogens (tertiary/aromatic N) is 1. The van der Waals surface area contributed by atoms with Crippen LogP contribution in [0.3, 0.4) is 0 Å². The molecule has 2 aromatic rings. The highest BCUT2D eigenvalue weighted by Crippen LogP contribution is 2.41. The topological polar surface area (TPSA) is 50.0 Å². The van der Waals surface area contributed by atoms with Gasteiger partial charge in [0, 0.05) is 0 Å². The Bertz CT molecular complexity index is 822. The normalized spacial score (nSPS) is 29.2. The average Bonchev–Trinajstić information content (AvgIpc) is 3.33. The molecule has 29 heavy (non-hydrogen) atoms. The van der Waals surface area contributed by atoms with Crippen molar-refractivity contribution in [1.82, 2.24) is 0 Å². The number of aryl methyl sites for hydroxylation is 1. The Kier molecular flexibility index (Phi) is 5.81. The Morgan fingerprint density at radius 1 is 1.10 bits per heavy atom. The minimum Gasteiger partial charge on any atom is -0.359 e. The van der Waals surface area contributed by atoms with E-state index in [1.807, 2.05) is 59.1 Å². The second-order valence-corrected chi connectivity index (χ2v) is 9.43. The Balaban J connectivity index is 1.61. The van der Waals surface area contributed by atoms with Gasteiger partial charge in [0.2, 0.25) is 0 Å². The molecule has 1 aromatic heterocycles. The number of hydrogen-bond acceptors (Lipinski definition) is 6. The molecule has 0 radical (unpaired) electrons. The SMILES string of the molecule is C[n+]1ccsc1[C@@H](OCc1ccccc1)[C@H]1OC(C)(C)O[C@@H]1[C@@H]1COC(C)(C)O1. The van der Waals surface area contributed by atoms with E-state index in [1.165, 1.54) is 0 Å². The molecular formula is C22H30NO5S+. The van der Waals surface area contributed by atoms with Gasteiger partial charge in [0.25, 0.3) is 5.01 Å². The van der Waals surface area contributed by atoms with E-state index in [4.69, 9.17) is 23.7 Å². The zero-order valence-electron chi connectivity index (χ0n) is 17.7. The van der Waals surface area contributed by atoms with E-state index < -0.39 is 11.6 Å². The average molecular weight is 421 g/mol. The fourth-order valence-electron chi connectivity index (χ4n) is 3.90. The fourth-order valence-corrected chi connectivity index (χ4v) is 4.85. The standard InChI is InChI=1S/C22H30NO5S/c1-21(2)25-14-16(26-21)17-18(28-22(3,4)27-17)19(20-23(5)11-12-29-20)24-13-15-9-7-6-8-10-15/h6-12,16-19H,13-14H2,1-5H3/q+1/t16-,17+,18-,19-/m0/s1. The van der Waals surface area contributed by atoms with Crippen molar-refractivity contribution in [3.05, 3.63) is 52.5 Å². The summed E-state index contributed by atoms with van der Waals surface area (Å²) >= 11 is 1.65. The molecule has 3 heterocycles. The third-order valence-electron chi connectivity index (χ3n) is 5.20. The van der Waals surface area contributed by atoms with E-state index in [2.05, 4.69) is 22.1 Å². The molecule has 2 aliphatic heterocycles. The highest BCUT2D eigenvalue weighted by atomic mass is 32.1. The number of thiazole rings is 1. The lowest BCUT2D eigenvalue weighted by Gasteiger charge is -2.27. The molecule has 1 aromatic carbocycles. The minimum atomic E-state index is -0.727.